The molecule has 0 bridgehead atoms. The molecule has 1 aromatic carbocycles. The fourth-order valence-corrected chi connectivity index (χ4v) is 5.12. The van der Waals surface area contributed by atoms with Crippen LogP contribution in [0.15, 0.2) is 18.2 Å². The van der Waals surface area contributed by atoms with Crippen molar-refractivity contribution in [1.82, 2.24) is 9.88 Å². The smallest absolute Gasteiger partial charge is 0.227 e. The monoisotopic (exact) mass is 358 g/mol. The van der Waals surface area contributed by atoms with Gasteiger partial charge in [-0.25, -0.2) is 4.39 Å². The number of nitrogens with zero attached hydrogens (tertiary/aromatic N) is 1. The number of benzene rings is 1. The lowest BCUT2D eigenvalue weighted by Crippen LogP contribution is -2.44. The molecule has 1 aliphatic carbocycles. The molecule has 4 rings (SSSR count). The third-order valence-corrected chi connectivity index (χ3v) is 6.69. The number of carbonyl (C=O) groups excluding carboxylic acids is 1. The maximum atomic E-state index is 13.7. The van der Waals surface area contributed by atoms with Crippen molar-refractivity contribution in [1.29, 1.82) is 0 Å². The number of hydrogen-bond donors (Lipinski definition) is 2. The Balaban J connectivity index is 1.55. The fraction of sp³-hybridized carbons (Fsp3) is 0.571. The van der Waals surface area contributed by atoms with Gasteiger partial charge < -0.3 is 15.0 Å². The first kappa shape index (κ1) is 17.5. The molecule has 0 spiro atoms. The molecular formula is C21H27FN2O2. The minimum Gasteiger partial charge on any atom is -0.390 e. The van der Waals surface area contributed by atoms with E-state index in [4.69, 9.17) is 0 Å². The Bertz CT molecular complexity index is 846. The normalized spacial score (nSPS) is 28.5. The molecule has 4 nitrogen and oxygen atoms in total. The quantitative estimate of drug-likeness (QED) is 0.881. The van der Waals surface area contributed by atoms with Crippen LogP contribution in [-0.4, -0.2) is 39.6 Å². The Morgan fingerprint density at radius 3 is 3.00 bits per heavy atom. The fourth-order valence-electron chi connectivity index (χ4n) is 5.12. The number of nitrogens with one attached hydrogen (secondary N) is 1. The Labute approximate surface area is 153 Å². The summed E-state index contributed by atoms with van der Waals surface area (Å²) in [5.74, 6) is 0.377. The van der Waals surface area contributed by atoms with Crippen LogP contribution in [0.1, 0.15) is 43.9 Å². The van der Waals surface area contributed by atoms with Crippen molar-refractivity contribution in [3.8, 4) is 0 Å². The summed E-state index contributed by atoms with van der Waals surface area (Å²) >= 11 is 0. The Morgan fingerprint density at radius 2 is 2.23 bits per heavy atom. The van der Waals surface area contributed by atoms with Crippen LogP contribution in [0.5, 0.6) is 0 Å². The molecule has 140 valence electrons. The third-order valence-electron chi connectivity index (χ3n) is 6.69. The number of aromatic amines is 1. The maximum absolute atomic E-state index is 13.7. The van der Waals surface area contributed by atoms with E-state index < -0.39 is 5.60 Å². The molecule has 0 unspecified atom stereocenters. The minimum atomic E-state index is -0.627. The molecule has 2 aromatic rings. The summed E-state index contributed by atoms with van der Waals surface area (Å²) in [4.78, 5) is 18.1. The van der Waals surface area contributed by atoms with Crippen LogP contribution in [0, 0.1) is 24.6 Å². The molecule has 1 aromatic heterocycles. The predicted octanol–water partition coefficient (Wildman–Crippen LogP) is 3.56. The molecular weight excluding hydrogens is 331 g/mol. The van der Waals surface area contributed by atoms with E-state index in [1.807, 2.05) is 18.7 Å². The van der Waals surface area contributed by atoms with Crippen molar-refractivity contribution in [2.75, 3.05) is 13.1 Å². The van der Waals surface area contributed by atoms with E-state index in [9.17, 15) is 14.3 Å². The second-order valence-corrected chi connectivity index (χ2v) is 8.11. The van der Waals surface area contributed by atoms with Crippen LogP contribution in [0.3, 0.4) is 0 Å². The summed E-state index contributed by atoms with van der Waals surface area (Å²) < 4.78 is 13.7. The highest BCUT2D eigenvalue weighted by atomic mass is 19.1. The second-order valence-electron chi connectivity index (χ2n) is 8.11. The van der Waals surface area contributed by atoms with E-state index in [1.54, 1.807) is 6.07 Å². The van der Waals surface area contributed by atoms with Crippen LogP contribution < -0.4 is 0 Å². The van der Waals surface area contributed by atoms with Gasteiger partial charge in [0.05, 0.1) is 12.0 Å². The van der Waals surface area contributed by atoms with Crippen molar-refractivity contribution < 1.29 is 14.3 Å². The molecule has 5 heteroatoms. The van der Waals surface area contributed by atoms with Crippen LogP contribution in [0.2, 0.25) is 0 Å². The zero-order valence-corrected chi connectivity index (χ0v) is 15.5. The highest BCUT2D eigenvalue weighted by Gasteiger charge is 2.48. The van der Waals surface area contributed by atoms with Crippen molar-refractivity contribution in [2.45, 2.75) is 51.6 Å². The van der Waals surface area contributed by atoms with Crippen molar-refractivity contribution in [2.24, 2.45) is 11.8 Å². The molecule has 2 N–H and O–H groups in total. The Morgan fingerprint density at radius 1 is 1.42 bits per heavy atom. The zero-order valence-electron chi connectivity index (χ0n) is 15.5. The van der Waals surface area contributed by atoms with Gasteiger partial charge in [-0.3, -0.25) is 4.79 Å². The van der Waals surface area contributed by atoms with E-state index in [2.05, 4.69) is 4.98 Å². The van der Waals surface area contributed by atoms with Gasteiger partial charge >= 0.3 is 0 Å². The molecule has 1 saturated heterocycles. The van der Waals surface area contributed by atoms with Crippen molar-refractivity contribution in [3.63, 3.8) is 0 Å². The van der Waals surface area contributed by atoms with Gasteiger partial charge in [-0.15, -0.1) is 0 Å². The van der Waals surface area contributed by atoms with Gasteiger partial charge in [0, 0.05) is 35.6 Å². The average molecular weight is 358 g/mol. The number of aryl methyl sites for hydroxylation is 1. The van der Waals surface area contributed by atoms with Gasteiger partial charge in [-0.2, -0.15) is 0 Å². The molecule has 2 aliphatic rings. The molecule has 2 heterocycles. The summed E-state index contributed by atoms with van der Waals surface area (Å²) in [7, 11) is 0. The number of likely N-dealkylation sites (tertiary alicyclic amines) is 1. The number of rotatable bonds is 3. The summed E-state index contributed by atoms with van der Waals surface area (Å²) in [6.45, 7) is 5.35. The molecule has 0 radical (unpaired) electrons. The first-order chi connectivity index (χ1) is 12.4. The van der Waals surface area contributed by atoms with E-state index in [1.165, 1.54) is 12.1 Å². The molecule has 26 heavy (non-hydrogen) atoms. The number of aromatic nitrogens is 1. The minimum absolute atomic E-state index is 0.0751. The third kappa shape index (κ3) is 2.82. The second kappa shape index (κ2) is 6.38. The zero-order chi connectivity index (χ0) is 18.5. The van der Waals surface area contributed by atoms with Crippen LogP contribution in [0.25, 0.3) is 10.9 Å². The summed E-state index contributed by atoms with van der Waals surface area (Å²) in [5, 5.41) is 11.7. The van der Waals surface area contributed by atoms with Gasteiger partial charge in [0.15, 0.2) is 0 Å². The molecule has 3 atom stereocenters. The summed E-state index contributed by atoms with van der Waals surface area (Å²) in [6, 6.07) is 4.65. The average Bonchev–Trinajstić information content (AvgIpc) is 3.18. The van der Waals surface area contributed by atoms with E-state index in [-0.39, 0.29) is 24.1 Å². The Kier molecular flexibility index (Phi) is 4.30. The molecule has 1 aliphatic heterocycles. The number of carbonyl (C=O) groups is 1. The van der Waals surface area contributed by atoms with Gasteiger partial charge in [0.1, 0.15) is 5.82 Å². The molecule has 1 amide bonds. The largest absolute Gasteiger partial charge is 0.390 e. The van der Waals surface area contributed by atoms with E-state index in [0.29, 0.717) is 12.5 Å². The van der Waals surface area contributed by atoms with Gasteiger partial charge in [-0.05, 0) is 55.9 Å². The summed E-state index contributed by atoms with van der Waals surface area (Å²) in [5.41, 5.74) is 2.03. The lowest BCUT2D eigenvalue weighted by Gasteiger charge is -2.40. The number of amides is 1. The Hall–Kier alpha value is -1.88. The number of halogens is 1. The highest BCUT2D eigenvalue weighted by molar-refractivity contribution is 5.90. The maximum Gasteiger partial charge on any atom is 0.227 e. The molecule has 2 fully saturated rings. The van der Waals surface area contributed by atoms with Gasteiger partial charge in [0.25, 0.3) is 0 Å². The summed E-state index contributed by atoms with van der Waals surface area (Å²) in [6.07, 6.45) is 3.99. The number of fused-ring (bicyclic) bond motifs is 2. The van der Waals surface area contributed by atoms with Crippen molar-refractivity contribution >= 4 is 16.8 Å². The predicted molar refractivity (Wildman–Crippen MR) is 99.3 cm³/mol. The van der Waals surface area contributed by atoms with Gasteiger partial charge in [-0.1, -0.05) is 13.3 Å². The van der Waals surface area contributed by atoms with Gasteiger partial charge in [0.2, 0.25) is 5.91 Å². The number of hydrogen-bond acceptors (Lipinski definition) is 2. The number of aliphatic hydroxyl groups is 1. The standard InChI is InChI=1S/C21H27FN2O2/c1-3-21(26)8-4-5-14-11-24(12-18(14)21)20(25)10-16-13(2)23-19-7-6-15(22)9-17(16)19/h6-7,9,14,18,23,26H,3-5,8,10-12H2,1-2H3/t14-,18+,21-/m1/s1. The first-order valence-corrected chi connectivity index (χ1v) is 9.68. The first-order valence-electron chi connectivity index (χ1n) is 9.68. The van der Waals surface area contributed by atoms with Crippen molar-refractivity contribution in [3.05, 3.63) is 35.3 Å². The lowest BCUT2D eigenvalue weighted by molar-refractivity contribution is -0.130. The topological polar surface area (TPSA) is 56.3 Å². The molecule has 1 saturated carbocycles. The lowest BCUT2D eigenvalue weighted by atomic mass is 9.69. The van der Waals surface area contributed by atoms with Crippen LogP contribution in [0.4, 0.5) is 4.39 Å². The van der Waals surface area contributed by atoms with E-state index >= 15 is 0 Å². The SMILES string of the molecule is CC[C@@]1(O)CCC[C@@H]2CN(C(=O)Cc3c(C)[nH]c4ccc(F)cc34)C[C@@H]21. The number of H-pyrrole nitrogens is 1. The van der Waals surface area contributed by atoms with E-state index in [0.717, 1.165) is 54.4 Å². The van der Waals surface area contributed by atoms with Crippen LogP contribution >= 0.6 is 0 Å². The van der Waals surface area contributed by atoms with Crippen LogP contribution in [-0.2, 0) is 11.2 Å². The highest BCUT2D eigenvalue weighted by Crippen LogP contribution is 2.44.